The molecule has 1 atom stereocenters. The summed E-state index contributed by atoms with van der Waals surface area (Å²) in [6.45, 7) is 2.43. The molecule has 0 unspecified atom stereocenters. The van der Waals surface area contributed by atoms with Gasteiger partial charge in [0, 0.05) is 18.2 Å². The van der Waals surface area contributed by atoms with E-state index >= 15 is 0 Å². The van der Waals surface area contributed by atoms with Crippen molar-refractivity contribution in [1.82, 2.24) is 10.1 Å². The number of rotatable bonds is 3. The second kappa shape index (κ2) is 6.30. The zero-order chi connectivity index (χ0) is 17.3. The first-order chi connectivity index (χ1) is 11.4. The van der Waals surface area contributed by atoms with Crippen LogP contribution in [0.4, 0.5) is 13.2 Å². The Balaban J connectivity index is 1.86. The molecule has 1 aromatic heterocycles. The average molecular weight is 338 g/mol. The molecule has 1 saturated heterocycles. The lowest BCUT2D eigenvalue weighted by Gasteiger charge is -2.23. The number of halogens is 3. The van der Waals surface area contributed by atoms with Gasteiger partial charge in [-0.15, -0.1) is 0 Å². The van der Waals surface area contributed by atoms with E-state index in [-0.39, 0.29) is 11.6 Å². The van der Waals surface area contributed by atoms with E-state index in [1.54, 1.807) is 4.90 Å². The van der Waals surface area contributed by atoms with Crippen molar-refractivity contribution in [3.63, 3.8) is 0 Å². The smallest absolute Gasteiger partial charge is 0.359 e. The van der Waals surface area contributed by atoms with Gasteiger partial charge in [0.1, 0.15) is 0 Å². The summed E-state index contributed by atoms with van der Waals surface area (Å²) in [6, 6.07) is 6.05. The van der Waals surface area contributed by atoms with Gasteiger partial charge >= 0.3 is 6.18 Å². The summed E-state index contributed by atoms with van der Waals surface area (Å²) in [5, 5.41) is 3.93. The zero-order valence-corrected chi connectivity index (χ0v) is 13.1. The van der Waals surface area contributed by atoms with Crippen LogP contribution in [-0.4, -0.2) is 22.5 Å². The molecule has 7 heteroatoms. The van der Waals surface area contributed by atoms with E-state index in [0.29, 0.717) is 18.7 Å². The van der Waals surface area contributed by atoms with Crippen LogP contribution in [0.25, 0.3) is 0 Å². The van der Waals surface area contributed by atoms with E-state index in [2.05, 4.69) is 5.16 Å². The standard InChI is InChI=1S/C17H17F3N2O2/c1-2-13-10-15(24-21-13)14-7-4-8-22(14)16(23)11-5-3-6-12(9-11)17(18,19)20/h3,5-6,9-10,14H,2,4,7-8H2,1H3/t14-/m1/s1. The lowest BCUT2D eigenvalue weighted by molar-refractivity contribution is -0.137. The summed E-state index contributed by atoms with van der Waals surface area (Å²) in [5.41, 5.74) is 0.00681. The summed E-state index contributed by atoms with van der Waals surface area (Å²) in [7, 11) is 0. The quantitative estimate of drug-likeness (QED) is 0.841. The molecule has 2 heterocycles. The second-order valence-electron chi connectivity index (χ2n) is 5.81. The van der Waals surface area contributed by atoms with Crippen LogP contribution in [0, 0.1) is 0 Å². The predicted molar refractivity (Wildman–Crippen MR) is 80.3 cm³/mol. The average Bonchev–Trinajstić information content (AvgIpc) is 3.22. The molecule has 3 rings (SSSR count). The van der Waals surface area contributed by atoms with Crippen LogP contribution < -0.4 is 0 Å². The van der Waals surface area contributed by atoms with Gasteiger partial charge in [-0.2, -0.15) is 13.2 Å². The molecule has 0 N–H and O–H groups in total. The number of nitrogens with zero attached hydrogens (tertiary/aromatic N) is 2. The molecule has 0 saturated carbocycles. The highest BCUT2D eigenvalue weighted by molar-refractivity contribution is 5.94. The van der Waals surface area contributed by atoms with Crippen LogP contribution in [-0.2, 0) is 12.6 Å². The fourth-order valence-corrected chi connectivity index (χ4v) is 2.95. The van der Waals surface area contributed by atoms with Crippen molar-refractivity contribution >= 4 is 5.91 Å². The van der Waals surface area contributed by atoms with Gasteiger partial charge in [-0.3, -0.25) is 4.79 Å². The summed E-state index contributed by atoms with van der Waals surface area (Å²) in [4.78, 5) is 14.2. The summed E-state index contributed by atoms with van der Waals surface area (Å²) < 4.78 is 43.8. The van der Waals surface area contributed by atoms with Gasteiger partial charge in [-0.1, -0.05) is 18.1 Å². The van der Waals surface area contributed by atoms with E-state index in [9.17, 15) is 18.0 Å². The number of hydrogen-bond acceptors (Lipinski definition) is 3. The predicted octanol–water partition coefficient (Wildman–Crippen LogP) is 4.23. The number of alkyl halides is 3. The van der Waals surface area contributed by atoms with Crippen LogP contribution >= 0.6 is 0 Å². The topological polar surface area (TPSA) is 46.3 Å². The molecule has 1 aliphatic heterocycles. The molecule has 0 radical (unpaired) electrons. The highest BCUT2D eigenvalue weighted by Gasteiger charge is 2.35. The molecule has 2 aromatic rings. The van der Waals surface area contributed by atoms with Crippen molar-refractivity contribution in [3.05, 3.63) is 52.9 Å². The summed E-state index contributed by atoms with van der Waals surface area (Å²) >= 11 is 0. The highest BCUT2D eigenvalue weighted by atomic mass is 19.4. The number of aromatic nitrogens is 1. The number of carbonyl (C=O) groups excluding carboxylic acids is 1. The Morgan fingerprint density at radius 2 is 2.17 bits per heavy atom. The third-order valence-corrected chi connectivity index (χ3v) is 4.22. The van der Waals surface area contributed by atoms with Gasteiger partial charge in [-0.05, 0) is 37.5 Å². The van der Waals surface area contributed by atoms with Crippen molar-refractivity contribution in [3.8, 4) is 0 Å². The maximum atomic E-state index is 12.8. The maximum absolute atomic E-state index is 12.8. The van der Waals surface area contributed by atoms with Crippen molar-refractivity contribution in [2.45, 2.75) is 38.4 Å². The van der Waals surface area contributed by atoms with Crippen LogP contribution in [0.3, 0.4) is 0 Å². The molecule has 0 spiro atoms. The van der Waals surface area contributed by atoms with Gasteiger partial charge in [0.15, 0.2) is 5.76 Å². The van der Waals surface area contributed by atoms with Crippen LogP contribution in [0.1, 0.15) is 53.2 Å². The Labute approximate surface area is 137 Å². The molecule has 24 heavy (non-hydrogen) atoms. The highest BCUT2D eigenvalue weighted by Crippen LogP contribution is 2.35. The fraction of sp³-hybridized carbons (Fsp3) is 0.412. The molecule has 0 aliphatic carbocycles. The Morgan fingerprint density at radius 3 is 2.83 bits per heavy atom. The molecule has 1 aliphatic rings. The molecule has 4 nitrogen and oxygen atoms in total. The van der Waals surface area contributed by atoms with Crippen LogP contribution in [0.5, 0.6) is 0 Å². The normalized spacial score (nSPS) is 18.2. The Kier molecular flexibility index (Phi) is 4.34. The van der Waals surface area contributed by atoms with Gasteiger partial charge in [-0.25, -0.2) is 0 Å². The third-order valence-electron chi connectivity index (χ3n) is 4.22. The van der Waals surface area contributed by atoms with Crippen molar-refractivity contribution < 1.29 is 22.5 Å². The maximum Gasteiger partial charge on any atom is 0.416 e. The zero-order valence-electron chi connectivity index (χ0n) is 13.1. The minimum Gasteiger partial charge on any atom is -0.359 e. The van der Waals surface area contributed by atoms with E-state index < -0.39 is 17.6 Å². The number of benzene rings is 1. The van der Waals surface area contributed by atoms with E-state index in [1.165, 1.54) is 12.1 Å². The van der Waals surface area contributed by atoms with E-state index in [4.69, 9.17) is 4.52 Å². The van der Waals surface area contributed by atoms with Crippen LogP contribution in [0.2, 0.25) is 0 Å². The number of aryl methyl sites for hydroxylation is 1. The van der Waals surface area contributed by atoms with Crippen LogP contribution in [0.15, 0.2) is 34.9 Å². The fourth-order valence-electron chi connectivity index (χ4n) is 2.95. The first-order valence-electron chi connectivity index (χ1n) is 7.84. The first-order valence-corrected chi connectivity index (χ1v) is 7.84. The number of hydrogen-bond donors (Lipinski definition) is 0. The molecule has 1 fully saturated rings. The van der Waals surface area contributed by atoms with Gasteiger partial charge in [0.25, 0.3) is 5.91 Å². The van der Waals surface area contributed by atoms with Gasteiger partial charge in [0.2, 0.25) is 0 Å². The monoisotopic (exact) mass is 338 g/mol. The Bertz CT molecular complexity index is 739. The minimum atomic E-state index is -4.47. The van der Waals surface area contributed by atoms with Crippen molar-refractivity contribution in [2.24, 2.45) is 0 Å². The molecule has 1 amide bonds. The van der Waals surface area contributed by atoms with Gasteiger partial charge < -0.3 is 9.42 Å². The van der Waals surface area contributed by atoms with E-state index in [1.807, 2.05) is 13.0 Å². The third kappa shape index (κ3) is 3.16. The van der Waals surface area contributed by atoms with Gasteiger partial charge in [0.05, 0.1) is 17.3 Å². The number of likely N-dealkylation sites (tertiary alicyclic amines) is 1. The molecular weight excluding hydrogens is 321 g/mol. The number of amides is 1. The Morgan fingerprint density at radius 1 is 1.38 bits per heavy atom. The van der Waals surface area contributed by atoms with Crippen molar-refractivity contribution in [2.75, 3.05) is 6.54 Å². The summed E-state index contributed by atoms with van der Waals surface area (Å²) in [6.07, 6.45) is -2.26. The molecular formula is C17H17F3N2O2. The Hall–Kier alpha value is -2.31. The second-order valence-corrected chi connectivity index (χ2v) is 5.81. The molecule has 0 bridgehead atoms. The van der Waals surface area contributed by atoms with Crippen molar-refractivity contribution in [1.29, 1.82) is 0 Å². The largest absolute Gasteiger partial charge is 0.416 e. The summed E-state index contributed by atoms with van der Waals surface area (Å²) in [5.74, 6) is 0.169. The lowest BCUT2D eigenvalue weighted by Crippen LogP contribution is -2.30. The lowest BCUT2D eigenvalue weighted by atomic mass is 10.1. The molecule has 128 valence electrons. The minimum absolute atomic E-state index is 0.0342. The number of carbonyl (C=O) groups is 1. The SMILES string of the molecule is CCc1cc([C@H]2CCCN2C(=O)c2cccc(C(F)(F)F)c2)on1. The molecule has 1 aromatic carbocycles. The first kappa shape index (κ1) is 16.5. The van der Waals surface area contributed by atoms with E-state index in [0.717, 1.165) is 30.7 Å².